The normalized spacial score (nSPS) is 13.9. The van der Waals surface area contributed by atoms with Gasteiger partial charge in [0.1, 0.15) is 11.6 Å². The molecule has 0 aliphatic carbocycles. The molecule has 1 aromatic carbocycles. The molecule has 0 radical (unpaired) electrons. The molecule has 1 unspecified atom stereocenters. The second-order valence-electron chi connectivity index (χ2n) is 5.67. The molecule has 1 aliphatic heterocycles. The fourth-order valence-electron chi connectivity index (χ4n) is 2.67. The van der Waals surface area contributed by atoms with Crippen molar-refractivity contribution in [3.8, 4) is 17.0 Å². The van der Waals surface area contributed by atoms with Crippen LogP contribution >= 0.6 is 0 Å². The van der Waals surface area contributed by atoms with Gasteiger partial charge in [0.15, 0.2) is 0 Å². The van der Waals surface area contributed by atoms with Crippen molar-refractivity contribution in [3.05, 3.63) is 42.0 Å². The Morgan fingerprint density at radius 2 is 2.29 bits per heavy atom. The van der Waals surface area contributed by atoms with E-state index in [0.29, 0.717) is 12.4 Å². The first kappa shape index (κ1) is 16.4. The summed E-state index contributed by atoms with van der Waals surface area (Å²) < 4.78 is 10.6. The summed E-state index contributed by atoms with van der Waals surface area (Å²) in [6.07, 6.45) is 0.830. The van der Waals surface area contributed by atoms with E-state index in [-0.39, 0.29) is 18.4 Å². The van der Waals surface area contributed by atoms with Gasteiger partial charge in [-0.15, -0.1) is 0 Å². The summed E-state index contributed by atoms with van der Waals surface area (Å²) >= 11 is 0. The monoisotopic (exact) mass is 327 g/mol. The number of methoxy groups -OCH3 is 1. The second kappa shape index (κ2) is 7.42. The summed E-state index contributed by atoms with van der Waals surface area (Å²) in [6.45, 7) is 1.03. The fourth-order valence-corrected chi connectivity index (χ4v) is 2.67. The number of nitrogens with one attached hydrogen (secondary N) is 1. The highest BCUT2D eigenvalue weighted by Crippen LogP contribution is 2.30. The number of amides is 1. The number of anilines is 1. The Morgan fingerprint density at radius 3 is 3.08 bits per heavy atom. The molecular formula is C18H21N3O3. The molecule has 2 heterocycles. The SMILES string of the molecule is COC(CN)CC(=O)Nc1cccc(-c2ccc3c(c2)CCO3)n1. The maximum atomic E-state index is 12.0. The Kier molecular flexibility index (Phi) is 5.08. The van der Waals surface area contributed by atoms with Crippen LogP contribution in [0.1, 0.15) is 12.0 Å². The molecular weight excluding hydrogens is 306 g/mol. The van der Waals surface area contributed by atoms with Crippen LogP contribution in [0.3, 0.4) is 0 Å². The van der Waals surface area contributed by atoms with E-state index in [4.69, 9.17) is 15.2 Å². The van der Waals surface area contributed by atoms with Crippen LogP contribution in [-0.4, -0.2) is 37.3 Å². The zero-order chi connectivity index (χ0) is 16.9. The van der Waals surface area contributed by atoms with E-state index in [9.17, 15) is 4.79 Å². The van der Waals surface area contributed by atoms with E-state index in [1.165, 1.54) is 5.56 Å². The van der Waals surface area contributed by atoms with Crippen LogP contribution in [0.25, 0.3) is 11.3 Å². The average molecular weight is 327 g/mol. The molecule has 0 spiro atoms. The van der Waals surface area contributed by atoms with Gasteiger partial charge in [-0.05, 0) is 35.9 Å². The quantitative estimate of drug-likeness (QED) is 0.847. The van der Waals surface area contributed by atoms with Gasteiger partial charge < -0.3 is 20.5 Å². The summed E-state index contributed by atoms with van der Waals surface area (Å²) in [5, 5.41) is 2.79. The summed E-state index contributed by atoms with van der Waals surface area (Å²) in [6, 6.07) is 11.6. The third kappa shape index (κ3) is 3.72. The molecule has 0 saturated carbocycles. The largest absolute Gasteiger partial charge is 0.493 e. The van der Waals surface area contributed by atoms with Gasteiger partial charge in [0.05, 0.1) is 24.8 Å². The molecule has 0 saturated heterocycles. The molecule has 3 N–H and O–H groups in total. The number of benzene rings is 1. The third-order valence-corrected chi connectivity index (χ3v) is 4.01. The van der Waals surface area contributed by atoms with Crippen molar-refractivity contribution in [3.63, 3.8) is 0 Å². The lowest BCUT2D eigenvalue weighted by atomic mass is 10.1. The number of hydrogen-bond acceptors (Lipinski definition) is 5. The number of carbonyl (C=O) groups is 1. The Bertz CT molecular complexity index is 729. The fraction of sp³-hybridized carbons (Fsp3) is 0.333. The first-order chi connectivity index (χ1) is 11.7. The molecule has 6 heteroatoms. The molecule has 6 nitrogen and oxygen atoms in total. The number of carbonyl (C=O) groups excluding carboxylic acids is 1. The Balaban J connectivity index is 1.73. The van der Waals surface area contributed by atoms with Crippen molar-refractivity contribution < 1.29 is 14.3 Å². The van der Waals surface area contributed by atoms with E-state index >= 15 is 0 Å². The zero-order valence-corrected chi connectivity index (χ0v) is 13.6. The van der Waals surface area contributed by atoms with Gasteiger partial charge >= 0.3 is 0 Å². The molecule has 1 atom stereocenters. The van der Waals surface area contributed by atoms with E-state index < -0.39 is 0 Å². The van der Waals surface area contributed by atoms with Crippen LogP contribution in [0, 0.1) is 0 Å². The Hall–Kier alpha value is -2.44. The van der Waals surface area contributed by atoms with Crippen molar-refractivity contribution in [1.82, 2.24) is 4.98 Å². The van der Waals surface area contributed by atoms with Gasteiger partial charge in [-0.25, -0.2) is 4.98 Å². The van der Waals surface area contributed by atoms with Gasteiger partial charge in [-0.3, -0.25) is 4.79 Å². The van der Waals surface area contributed by atoms with Crippen LogP contribution in [-0.2, 0) is 16.0 Å². The number of nitrogens with zero attached hydrogens (tertiary/aromatic N) is 1. The van der Waals surface area contributed by atoms with Crippen LogP contribution < -0.4 is 15.8 Å². The van der Waals surface area contributed by atoms with Crippen molar-refractivity contribution in [2.24, 2.45) is 5.73 Å². The van der Waals surface area contributed by atoms with Crippen LogP contribution in [0.2, 0.25) is 0 Å². The molecule has 1 aromatic heterocycles. The second-order valence-corrected chi connectivity index (χ2v) is 5.67. The number of ether oxygens (including phenoxy) is 2. The molecule has 2 aromatic rings. The molecule has 0 fully saturated rings. The van der Waals surface area contributed by atoms with Crippen molar-refractivity contribution in [2.75, 3.05) is 25.6 Å². The highest BCUT2D eigenvalue weighted by Gasteiger charge is 2.14. The maximum Gasteiger partial charge on any atom is 0.228 e. The number of nitrogens with two attached hydrogens (primary N) is 1. The first-order valence-electron chi connectivity index (χ1n) is 7.95. The summed E-state index contributed by atoms with van der Waals surface area (Å²) in [5.74, 6) is 1.29. The average Bonchev–Trinajstić information content (AvgIpc) is 3.07. The van der Waals surface area contributed by atoms with Gasteiger partial charge in [0.25, 0.3) is 0 Å². The minimum atomic E-state index is -0.287. The van der Waals surface area contributed by atoms with Gasteiger partial charge in [-0.2, -0.15) is 0 Å². The first-order valence-corrected chi connectivity index (χ1v) is 7.95. The van der Waals surface area contributed by atoms with Gasteiger partial charge in [-0.1, -0.05) is 6.07 Å². The number of pyridine rings is 1. The lowest BCUT2D eigenvalue weighted by Crippen LogP contribution is -2.28. The predicted molar refractivity (Wildman–Crippen MR) is 92.0 cm³/mol. The van der Waals surface area contributed by atoms with E-state index in [0.717, 1.165) is 30.0 Å². The predicted octanol–water partition coefficient (Wildman–Crippen LogP) is 1.99. The molecule has 1 amide bonds. The number of hydrogen-bond donors (Lipinski definition) is 2. The van der Waals surface area contributed by atoms with Crippen LogP contribution in [0.5, 0.6) is 5.75 Å². The van der Waals surface area contributed by atoms with Crippen molar-refractivity contribution >= 4 is 11.7 Å². The number of aromatic nitrogens is 1. The summed E-state index contributed by atoms with van der Waals surface area (Å²) in [4.78, 5) is 16.6. The molecule has 24 heavy (non-hydrogen) atoms. The van der Waals surface area contributed by atoms with Crippen molar-refractivity contribution in [1.29, 1.82) is 0 Å². The summed E-state index contributed by atoms with van der Waals surface area (Å²) in [5.41, 5.74) is 8.54. The Morgan fingerprint density at radius 1 is 1.42 bits per heavy atom. The highest BCUT2D eigenvalue weighted by atomic mass is 16.5. The van der Waals surface area contributed by atoms with E-state index in [1.807, 2.05) is 24.3 Å². The topological polar surface area (TPSA) is 86.5 Å². The van der Waals surface area contributed by atoms with Gasteiger partial charge in [0.2, 0.25) is 5.91 Å². The summed E-state index contributed by atoms with van der Waals surface area (Å²) in [7, 11) is 1.54. The standard InChI is InChI=1S/C18H21N3O3/c1-23-14(11-19)10-18(22)21-17-4-2-3-15(20-17)12-5-6-16-13(9-12)7-8-24-16/h2-6,9,14H,7-8,10-11,19H2,1H3,(H,20,21,22). The smallest absolute Gasteiger partial charge is 0.228 e. The molecule has 0 bridgehead atoms. The minimum absolute atomic E-state index is 0.167. The van der Waals surface area contributed by atoms with E-state index in [1.54, 1.807) is 13.2 Å². The minimum Gasteiger partial charge on any atom is -0.493 e. The van der Waals surface area contributed by atoms with Crippen LogP contribution in [0.15, 0.2) is 36.4 Å². The van der Waals surface area contributed by atoms with Crippen molar-refractivity contribution in [2.45, 2.75) is 18.9 Å². The third-order valence-electron chi connectivity index (χ3n) is 4.01. The van der Waals surface area contributed by atoms with E-state index in [2.05, 4.69) is 16.4 Å². The van der Waals surface area contributed by atoms with Gasteiger partial charge in [0, 0.05) is 25.6 Å². The lowest BCUT2D eigenvalue weighted by molar-refractivity contribution is -0.118. The Labute approximate surface area is 141 Å². The lowest BCUT2D eigenvalue weighted by Gasteiger charge is -2.12. The number of rotatable bonds is 6. The maximum absolute atomic E-state index is 12.0. The molecule has 1 aliphatic rings. The molecule has 126 valence electrons. The highest BCUT2D eigenvalue weighted by molar-refractivity contribution is 5.90. The molecule has 3 rings (SSSR count). The van der Waals surface area contributed by atoms with Crippen LogP contribution in [0.4, 0.5) is 5.82 Å². The number of fused-ring (bicyclic) bond motifs is 1. The zero-order valence-electron chi connectivity index (χ0n) is 13.6.